The molecule has 0 fully saturated rings. The molecule has 2 nitrogen and oxygen atoms in total. The van der Waals surface area contributed by atoms with Crippen molar-refractivity contribution in [2.24, 2.45) is 0 Å². The van der Waals surface area contributed by atoms with Crippen molar-refractivity contribution < 1.29 is 18.7 Å². The van der Waals surface area contributed by atoms with Crippen molar-refractivity contribution in [3.63, 3.8) is 0 Å². The molecule has 0 unspecified atom stereocenters. The zero-order chi connectivity index (χ0) is 10.6. The average molecular weight is 200 g/mol. The summed E-state index contributed by atoms with van der Waals surface area (Å²) >= 11 is 0. The molecule has 0 atom stereocenters. The van der Waals surface area contributed by atoms with E-state index < -0.39 is 17.4 Å². The van der Waals surface area contributed by atoms with Gasteiger partial charge in [-0.1, -0.05) is 6.07 Å². The van der Waals surface area contributed by atoms with E-state index in [2.05, 4.69) is 0 Å². The molecule has 0 aliphatic heterocycles. The van der Waals surface area contributed by atoms with Crippen LogP contribution in [0.3, 0.4) is 0 Å². The van der Waals surface area contributed by atoms with Crippen LogP contribution in [0.1, 0.15) is 23.2 Å². The second-order valence-electron chi connectivity index (χ2n) is 2.85. The smallest absolute Gasteiger partial charge is 0.169 e. The number of Topliss-reactive ketones (excluding diaryl/α,β-unsaturated/α-hetero) is 1. The number of aliphatic hydroxyl groups excluding tert-OH is 1. The lowest BCUT2D eigenvalue weighted by Crippen LogP contribution is -2.04. The summed E-state index contributed by atoms with van der Waals surface area (Å²) in [5, 5.41) is 8.47. The molecule has 0 spiro atoms. The van der Waals surface area contributed by atoms with E-state index in [0.29, 0.717) is 0 Å². The maximum Gasteiger partial charge on any atom is 0.169 e. The van der Waals surface area contributed by atoms with Crippen molar-refractivity contribution in [3.05, 3.63) is 35.4 Å². The maximum atomic E-state index is 13.0. The van der Waals surface area contributed by atoms with E-state index in [1.165, 1.54) is 12.1 Å². The second-order valence-corrected chi connectivity index (χ2v) is 2.85. The molecule has 4 heteroatoms. The van der Waals surface area contributed by atoms with Crippen LogP contribution in [0, 0.1) is 11.6 Å². The number of carbonyl (C=O) groups is 1. The number of carbonyl (C=O) groups excluding carboxylic acids is 1. The number of ketones is 1. The predicted molar refractivity (Wildman–Crippen MR) is 47.0 cm³/mol. The Hall–Kier alpha value is -1.29. The number of benzene rings is 1. The third-order valence-corrected chi connectivity index (χ3v) is 1.81. The molecule has 0 aliphatic carbocycles. The first-order valence-corrected chi connectivity index (χ1v) is 4.25. The molecule has 14 heavy (non-hydrogen) atoms. The molecular weight excluding hydrogens is 190 g/mol. The number of hydrogen-bond donors (Lipinski definition) is 1. The largest absolute Gasteiger partial charge is 0.396 e. The van der Waals surface area contributed by atoms with Crippen molar-refractivity contribution in [2.45, 2.75) is 12.8 Å². The lowest BCUT2D eigenvalue weighted by Gasteiger charge is -2.01. The van der Waals surface area contributed by atoms with E-state index in [4.69, 9.17) is 5.11 Å². The van der Waals surface area contributed by atoms with Crippen LogP contribution >= 0.6 is 0 Å². The van der Waals surface area contributed by atoms with E-state index in [1.807, 2.05) is 0 Å². The zero-order valence-corrected chi connectivity index (χ0v) is 7.46. The van der Waals surface area contributed by atoms with E-state index in [-0.39, 0.29) is 25.0 Å². The fourth-order valence-corrected chi connectivity index (χ4v) is 1.09. The lowest BCUT2D eigenvalue weighted by atomic mass is 10.1. The van der Waals surface area contributed by atoms with Gasteiger partial charge in [-0.15, -0.1) is 0 Å². The van der Waals surface area contributed by atoms with Gasteiger partial charge in [0, 0.05) is 13.0 Å². The average Bonchev–Trinajstić information content (AvgIpc) is 2.18. The summed E-state index contributed by atoms with van der Waals surface area (Å²) in [6.45, 7) is -0.136. The molecular formula is C10H10F2O2. The van der Waals surface area contributed by atoms with Gasteiger partial charge in [-0.3, -0.25) is 4.79 Å². The van der Waals surface area contributed by atoms with Crippen LogP contribution in [0.15, 0.2) is 18.2 Å². The van der Waals surface area contributed by atoms with Crippen molar-refractivity contribution in [1.82, 2.24) is 0 Å². The van der Waals surface area contributed by atoms with E-state index in [9.17, 15) is 13.6 Å². The van der Waals surface area contributed by atoms with Crippen LogP contribution in [0.4, 0.5) is 8.78 Å². The highest BCUT2D eigenvalue weighted by atomic mass is 19.2. The van der Waals surface area contributed by atoms with Crippen molar-refractivity contribution in [1.29, 1.82) is 0 Å². The Balaban J connectivity index is 2.84. The summed E-state index contributed by atoms with van der Waals surface area (Å²) in [6, 6.07) is 3.47. The molecule has 0 radical (unpaired) electrons. The standard InChI is InChI=1S/C10H10F2O2/c11-8-4-1-3-7(10(8)12)9(14)5-2-6-13/h1,3-4,13H,2,5-6H2. The summed E-state index contributed by atoms with van der Waals surface area (Å²) in [7, 11) is 0. The fourth-order valence-electron chi connectivity index (χ4n) is 1.09. The van der Waals surface area contributed by atoms with E-state index in [1.54, 1.807) is 0 Å². The minimum absolute atomic E-state index is 0.0247. The second kappa shape index (κ2) is 4.81. The Morgan fingerprint density at radius 2 is 2.07 bits per heavy atom. The normalized spacial score (nSPS) is 10.2. The van der Waals surface area contributed by atoms with Crippen molar-refractivity contribution in [3.8, 4) is 0 Å². The first-order valence-electron chi connectivity index (χ1n) is 4.25. The highest BCUT2D eigenvalue weighted by Crippen LogP contribution is 2.13. The van der Waals surface area contributed by atoms with Gasteiger partial charge in [0.2, 0.25) is 0 Å². The molecule has 0 amide bonds. The molecule has 0 aromatic heterocycles. The highest BCUT2D eigenvalue weighted by molar-refractivity contribution is 5.96. The Morgan fingerprint density at radius 3 is 2.71 bits per heavy atom. The SMILES string of the molecule is O=C(CCCO)c1cccc(F)c1F. The Morgan fingerprint density at radius 1 is 1.36 bits per heavy atom. The molecule has 76 valence electrons. The Bertz CT molecular complexity index is 337. The number of rotatable bonds is 4. The molecule has 0 heterocycles. The summed E-state index contributed by atoms with van der Waals surface area (Å²) < 4.78 is 25.7. The monoisotopic (exact) mass is 200 g/mol. The van der Waals surface area contributed by atoms with Crippen LogP contribution in [0.5, 0.6) is 0 Å². The van der Waals surface area contributed by atoms with Gasteiger partial charge >= 0.3 is 0 Å². The molecule has 0 bridgehead atoms. The molecule has 1 aromatic carbocycles. The molecule has 1 N–H and O–H groups in total. The maximum absolute atomic E-state index is 13.0. The first kappa shape index (κ1) is 10.8. The van der Waals surface area contributed by atoms with Crippen LogP contribution in [-0.2, 0) is 0 Å². The number of halogens is 2. The van der Waals surface area contributed by atoms with Gasteiger partial charge in [0.1, 0.15) is 0 Å². The topological polar surface area (TPSA) is 37.3 Å². The van der Waals surface area contributed by atoms with Crippen LogP contribution in [0.2, 0.25) is 0 Å². The van der Waals surface area contributed by atoms with Gasteiger partial charge in [0.15, 0.2) is 17.4 Å². The van der Waals surface area contributed by atoms with Gasteiger partial charge in [-0.05, 0) is 18.6 Å². The Labute approximate surface area is 80.2 Å². The van der Waals surface area contributed by atoms with Gasteiger partial charge < -0.3 is 5.11 Å². The van der Waals surface area contributed by atoms with Gasteiger partial charge in [0.25, 0.3) is 0 Å². The summed E-state index contributed by atoms with van der Waals surface area (Å²) in [5.74, 6) is -2.63. The molecule has 0 saturated heterocycles. The number of hydrogen-bond acceptors (Lipinski definition) is 2. The first-order chi connectivity index (χ1) is 6.66. The molecule has 0 saturated carbocycles. The van der Waals surface area contributed by atoms with Crippen LogP contribution in [-0.4, -0.2) is 17.5 Å². The van der Waals surface area contributed by atoms with Crippen LogP contribution < -0.4 is 0 Å². The predicted octanol–water partition coefficient (Wildman–Crippen LogP) is 1.92. The third-order valence-electron chi connectivity index (χ3n) is 1.81. The fraction of sp³-hybridized carbons (Fsp3) is 0.300. The highest BCUT2D eigenvalue weighted by Gasteiger charge is 2.13. The minimum atomic E-state index is -1.12. The molecule has 1 rings (SSSR count). The van der Waals surface area contributed by atoms with Gasteiger partial charge in [-0.25, -0.2) is 8.78 Å². The summed E-state index contributed by atoms with van der Waals surface area (Å²) in [5.41, 5.74) is -0.251. The summed E-state index contributed by atoms with van der Waals surface area (Å²) in [4.78, 5) is 11.3. The zero-order valence-electron chi connectivity index (χ0n) is 7.46. The van der Waals surface area contributed by atoms with Gasteiger partial charge in [-0.2, -0.15) is 0 Å². The molecule has 0 aliphatic rings. The molecule has 1 aromatic rings. The van der Waals surface area contributed by atoms with Crippen molar-refractivity contribution in [2.75, 3.05) is 6.61 Å². The third kappa shape index (κ3) is 2.35. The lowest BCUT2D eigenvalue weighted by molar-refractivity contribution is 0.0966. The Kier molecular flexibility index (Phi) is 3.71. The number of aliphatic hydroxyl groups is 1. The van der Waals surface area contributed by atoms with E-state index in [0.717, 1.165) is 6.07 Å². The quantitative estimate of drug-likeness (QED) is 0.754. The van der Waals surface area contributed by atoms with Crippen molar-refractivity contribution >= 4 is 5.78 Å². The van der Waals surface area contributed by atoms with E-state index >= 15 is 0 Å². The van der Waals surface area contributed by atoms with Crippen LogP contribution in [0.25, 0.3) is 0 Å². The van der Waals surface area contributed by atoms with Gasteiger partial charge in [0.05, 0.1) is 5.56 Å². The summed E-state index contributed by atoms with van der Waals surface area (Å²) in [6.07, 6.45) is 0.283. The minimum Gasteiger partial charge on any atom is -0.396 e.